The third-order valence-electron chi connectivity index (χ3n) is 4.87. The number of thiol groups is 1. The number of guanidine groups is 1. The van der Waals surface area contributed by atoms with Gasteiger partial charge in [-0.05, 0) is 19.3 Å². The Morgan fingerprint density at radius 2 is 1.41 bits per heavy atom. The van der Waals surface area contributed by atoms with Crippen molar-refractivity contribution in [2.75, 3.05) is 18.8 Å². The Balaban J connectivity index is 5.24. The van der Waals surface area contributed by atoms with Gasteiger partial charge >= 0.3 is 11.9 Å². The fourth-order valence-corrected chi connectivity index (χ4v) is 3.11. The van der Waals surface area contributed by atoms with Crippen LogP contribution < -0.4 is 44.2 Å². The number of hydrogen-bond acceptors (Lipinski definition) is 10. The summed E-state index contributed by atoms with van der Waals surface area (Å²) in [5.74, 6) is -7.92. The highest BCUT2D eigenvalue weighted by atomic mass is 32.1. The fraction of sp³-hybridized carbons (Fsp3) is 0.600. The third-order valence-corrected chi connectivity index (χ3v) is 5.23. The molecule has 0 saturated heterocycles. The predicted octanol–water partition coefficient (Wildman–Crippen LogP) is -5.31. The van der Waals surface area contributed by atoms with E-state index in [1.54, 1.807) is 0 Å². The van der Waals surface area contributed by atoms with E-state index in [1.807, 2.05) is 0 Å². The number of carboxylic acids is 2. The molecular formula is C20H35N9O9S. The van der Waals surface area contributed by atoms with E-state index in [-0.39, 0.29) is 37.5 Å². The topological polar surface area (TPSA) is 325 Å². The molecule has 0 heterocycles. The van der Waals surface area contributed by atoms with Crippen LogP contribution in [0.1, 0.15) is 32.1 Å². The molecule has 19 heteroatoms. The molecule has 4 atom stereocenters. The zero-order valence-corrected chi connectivity index (χ0v) is 21.8. The number of carbonyl (C=O) groups is 7. The minimum absolute atomic E-state index is 0.119. The van der Waals surface area contributed by atoms with Crippen LogP contribution in [0.5, 0.6) is 0 Å². The van der Waals surface area contributed by atoms with E-state index in [0.29, 0.717) is 6.42 Å². The second kappa shape index (κ2) is 18.2. The first kappa shape index (κ1) is 34.9. The van der Waals surface area contributed by atoms with Gasteiger partial charge in [0, 0.05) is 18.7 Å². The van der Waals surface area contributed by atoms with Crippen molar-refractivity contribution >= 4 is 60.1 Å². The lowest BCUT2D eigenvalue weighted by atomic mass is 10.1. The van der Waals surface area contributed by atoms with E-state index in [4.69, 9.17) is 33.1 Å². The zero-order chi connectivity index (χ0) is 30.1. The minimum atomic E-state index is -1.70. The number of nitrogens with zero attached hydrogens (tertiary/aromatic N) is 1. The Bertz CT molecular complexity index is 944. The highest BCUT2D eigenvalue weighted by Gasteiger charge is 2.30. The van der Waals surface area contributed by atoms with Crippen LogP contribution in [-0.4, -0.2) is 101 Å². The lowest BCUT2D eigenvalue weighted by Gasteiger charge is -2.23. The van der Waals surface area contributed by atoms with Crippen molar-refractivity contribution in [2.24, 2.45) is 27.9 Å². The van der Waals surface area contributed by atoms with Gasteiger partial charge in [-0.2, -0.15) is 12.6 Å². The number of carbonyl (C=O) groups excluding carboxylic acids is 5. The normalized spacial score (nSPS) is 13.5. The summed E-state index contributed by atoms with van der Waals surface area (Å²) >= 11 is 3.81. The average molecular weight is 578 g/mol. The summed E-state index contributed by atoms with van der Waals surface area (Å²) in [5.41, 5.74) is 21.2. The summed E-state index contributed by atoms with van der Waals surface area (Å²) in [7, 11) is 0. The standard InChI is InChI=1S/C20H35N9O9S/c21-9(2-1-5-25-20(23)24)16(34)26-7-14(31)27-11(6-15(32)33)18(36)28-10(3-4-13(22)30)17(35)29-12(8-39)19(37)38/h9-12,39H,1-8,21H2,(H2,22,30)(H,26,34)(H,27,31)(H,28,36)(H,29,35)(H,32,33)(H,37,38)(H4,23,24,25)/t9-,10-,11-,12-/m0/s1. The molecular weight excluding hydrogens is 542 g/mol. The molecule has 0 aromatic carbocycles. The second-order valence-corrected chi connectivity index (χ2v) is 8.50. The first-order valence-electron chi connectivity index (χ1n) is 11.5. The number of rotatable bonds is 19. The Morgan fingerprint density at radius 3 is 1.92 bits per heavy atom. The lowest BCUT2D eigenvalue weighted by molar-refractivity contribution is -0.142. The Kier molecular flexibility index (Phi) is 16.3. The number of amides is 5. The van der Waals surface area contributed by atoms with Crippen LogP contribution in [-0.2, 0) is 33.6 Å². The number of primary amides is 1. The molecule has 0 aromatic heterocycles. The summed E-state index contributed by atoms with van der Waals surface area (Å²) in [6, 6.07) is -5.63. The number of carboxylic acid groups (broad SMARTS) is 2. The van der Waals surface area contributed by atoms with Gasteiger partial charge in [-0.25, -0.2) is 4.79 Å². The van der Waals surface area contributed by atoms with Crippen LogP contribution in [0.25, 0.3) is 0 Å². The summed E-state index contributed by atoms with van der Waals surface area (Å²) in [4.78, 5) is 87.0. The maximum Gasteiger partial charge on any atom is 0.327 e. The highest BCUT2D eigenvalue weighted by Crippen LogP contribution is 2.03. The number of hydrogen-bond donors (Lipinski definition) is 11. The SMILES string of the molecule is NC(=O)CC[C@H](NC(=O)[C@H](CC(=O)O)NC(=O)CNC(=O)[C@@H](N)CCCN=C(N)N)C(=O)N[C@@H](CS)C(=O)O. The number of aliphatic imine (C=N–C) groups is 1. The average Bonchev–Trinajstić information content (AvgIpc) is 2.84. The molecule has 0 saturated carbocycles. The maximum atomic E-state index is 12.8. The molecule has 0 spiro atoms. The summed E-state index contributed by atoms with van der Waals surface area (Å²) < 4.78 is 0. The van der Waals surface area contributed by atoms with Gasteiger partial charge in [0.15, 0.2) is 5.96 Å². The van der Waals surface area contributed by atoms with E-state index in [0.717, 1.165) is 0 Å². The zero-order valence-electron chi connectivity index (χ0n) is 20.9. The van der Waals surface area contributed by atoms with Crippen molar-refractivity contribution < 1.29 is 43.8 Å². The van der Waals surface area contributed by atoms with Gasteiger partial charge in [-0.1, -0.05) is 0 Å². The summed E-state index contributed by atoms with van der Waals surface area (Å²) in [5, 5.41) is 26.9. The molecule has 0 radical (unpaired) electrons. The molecule has 14 N–H and O–H groups in total. The number of nitrogens with one attached hydrogen (secondary N) is 4. The third kappa shape index (κ3) is 15.7. The van der Waals surface area contributed by atoms with Gasteiger partial charge in [-0.3, -0.25) is 33.8 Å². The molecule has 0 unspecified atom stereocenters. The fourth-order valence-electron chi connectivity index (χ4n) is 2.86. The van der Waals surface area contributed by atoms with Gasteiger partial charge < -0.3 is 54.4 Å². The lowest BCUT2D eigenvalue weighted by Crippen LogP contribution is -2.57. The molecule has 5 amide bonds. The van der Waals surface area contributed by atoms with Gasteiger partial charge in [0.1, 0.15) is 18.1 Å². The van der Waals surface area contributed by atoms with Crippen molar-refractivity contribution in [2.45, 2.75) is 56.3 Å². The van der Waals surface area contributed by atoms with Crippen molar-refractivity contribution in [3.8, 4) is 0 Å². The molecule has 0 aromatic rings. The van der Waals surface area contributed by atoms with Crippen LogP contribution in [0, 0.1) is 0 Å². The summed E-state index contributed by atoms with van der Waals surface area (Å²) in [6.45, 7) is -0.419. The molecule has 0 aliphatic rings. The van der Waals surface area contributed by atoms with Crippen LogP contribution >= 0.6 is 12.6 Å². The molecule has 0 rings (SSSR count). The minimum Gasteiger partial charge on any atom is -0.481 e. The van der Waals surface area contributed by atoms with Crippen molar-refractivity contribution in [3.05, 3.63) is 0 Å². The molecule has 0 fully saturated rings. The van der Waals surface area contributed by atoms with Crippen molar-refractivity contribution in [1.82, 2.24) is 21.3 Å². The van der Waals surface area contributed by atoms with E-state index in [9.17, 15) is 33.6 Å². The Hall–Kier alpha value is -4.13. The molecule has 0 aliphatic heterocycles. The molecule has 0 aliphatic carbocycles. The predicted molar refractivity (Wildman–Crippen MR) is 139 cm³/mol. The smallest absolute Gasteiger partial charge is 0.327 e. The maximum absolute atomic E-state index is 12.8. The molecule has 0 bridgehead atoms. The van der Waals surface area contributed by atoms with Crippen LogP contribution in [0.4, 0.5) is 0 Å². The van der Waals surface area contributed by atoms with Gasteiger partial charge in [-0.15, -0.1) is 0 Å². The van der Waals surface area contributed by atoms with Crippen LogP contribution in [0.2, 0.25) is 0 Å². The van der Waals surface area contributed by atoms with Gasteiger partial charge in [0.05, 0.1) is 19.0 Å². The molecule has 18 nitrogen and oxygen atoms in total. The van der Waals surface area contributed by atoms with Crippen molar-refractivity contribution in [3.63, 3.8) is 0 Å². The quantitative estimate of drug-likeness (QED) is 0.0297. The van der Waals surface area contributed by atoms with Crippen LogP contribution in [0.3, 0.4) is 0 Å². The first-order chi connectivity index (χ1) is 18.2. The molecule has 39 heavy (non-hydrogen) atoms. The van der Waals surface area contributed by atoms with Gasteiger partial charge in [0.2, 0.25) is 29.5 Å². The van der Waals surface area contributed by atoms with E-state index in [1.165, 1.54) is 0 Å². The largest absolute Gasteiger partial charge is 0.481 e. The monoisotopic (exact) mass is 577 g/mol. The van der Waals surface area contributed by atoms with Gasteiger partial charge in [0.25, 0.3) is 0 Å². The van der Waals surface area contributed by atoms with E-state index >= 15 is 0 Å². The van der Waals surface area contributed by atoms with E-state index in [2.05, 4.69) is 38.9 Å². The molecule has 220 valence electrons. The highest BCUT2D eigenvalue weighted by molar-refractivity contribution is 7.80. The Labute approximate surface area is 228 Å². The van der Waals surface area contributed by atoms with E-state index < -0.39 is 78.6 Å². The number of aliphatic carboxylic acids is 2. The second-order valence-electron chi connectivity index (χ2n) is 8.14. The summed E-state index contributed by atoms with van der Waals surface area (Å²) in [6.07, 6.45) is -1.07. The van der Waals surface area contributed by atoms with Crippen LogP contribution in [0.15, 0.2) is 4.99 Å². The Morgan fingerprint density at radius 1 is 0.821 bits per heavy atom. The first-order valence-corrected chi connectivity index (χ1v) is 12.1. The number of nitrogens with two attached hydrogens (primary N) is 4. The van der Waals surface area contributed by atoms with Crippen molar-refractivity contribution in [1.29, 1.82) is 0 Å².